The number of benzene rings is 2. The lowest BCUT2D eigenvalue weighted by Crippen LogP contribution is -2.19. The maximum Gasteiger partial charge on any atom is 0.326 e. The van der Waals surface area contributed by atoms with Crippen molar-refractivity contribution < 1.29 is 14.3 Å². The molecular weight excluding hydrogens is 342 g/mol. The van der Waals surface area contributed by atoms with E-state index >= 15 is 0 Å². The molecule has 0 saturated carbocycles. The Hall–Kier alpha value is -2.86. The molecule has 1 amide bonds. The minimum atomic E-state index is -0.396. The van der Waals surface area contributed by atoms with Gasteiger partial charge in [0.25, 0.3) is 5.91 Å². The van der Waals surface area contributed by atoms with Crippen molar-refractivity contribution in [2.24, 2.45) is 0 Å². The van der Waals surface area contributed by atoms with Crippen LogP contribution >= 0.6 is 11.6 Å². The van der Waals surface area contributed by atoms with Gasteiger partial charge >= 0.3 is 5.97 Å². The molecule has 1 heterocycles. The van der Waals surface area contributed by atoms with Crippen molar-refractivity contribution >= 4 is 40.5 Å². The number of halogens is 1. The van der Waals surface area contributed by atoms with E-state index in [1.807, 2.05) is 24.3 Å². The summed E-state index contributed by atoms with van der Waals surface area (Å²) in [5.41, 5.74) is 1.86. The van der Waals surface area contributed by atoms with Gasteiger partial charge in [0.1, 0.15) is 6.54 Å². The standard InChI is InChI=1S/C18H16ClN3O3/c1-2-25-16(23)11-22-15-6-4-3-5-14(15)20-18(22)21-17(24)12-7-9-13(19)10-8-12/h3-10H,2,11H2,1H3,(H,20,21,24). The van der Waals surface area contributed by atoms with Crippen LogP contribution in [-0.2, 0) is 16.1 Å². The molecule has 6 nitrogen and oxygen atoms in total. The maximum atomic E-state index is 12.4. The third-order valence-corrected chi connectivity index (χ3v) is 3.83. The Morgan fingerprint density at radius 3 is 2.60 bits per heavy atom. The number of nitrogens with zero attached hydrogens (tertiary/aromatic N) is 2. The molecule has 0 aliphatic heterocycles. The van der Waals surface area contributed by atoms with Gasteiger partial charge < -0.3 is 4.74 Å². The number of esters is 1. The van der Waals surface area contributed by atoms with Gasteiger partial charge in [-0.1, -0.05) is 23.7 Å². The number of para-hydroxylation sites is 2. The fourth-order valence-electron chi connectivity index (χ4n) is 2.44. The van der Waals surface area contributed by atoms with Crippen LogP contribution in [0.15, 0.2) is 48.5 Å². The van der Waals surface area contributed by atoms with Crippen LogP contribution in [0.4, 0.5) is 5.95 Å². The highest BCUT2D eigenvalue weighted by atomic mass is 35.5. The second kappa shape index (κ2) is 7.36. The van der Waals surface area contributed by atoms with Crippen LogP contribution in [0.3, 0.4) is 0 Å². The summed E-state index contributed by atoms with van der Waals surface area (Å²) in [5, 5.41) is 3.29. The zero-order valence-corrected chi connectivity index (χ0v) is 14.3. The average Bonchev–Trinajstić information content (AvgIpc) is 2.93. The number of fused-ring (bicyclic) bond motifs is 1. The first-order valence-electron chi connectivity index (χ1n) is 7.76. The number of ether oxygens (including phenoxy) is 1. The first-order chi connectivity index (χ1) is 12.1. The van der Waals surface area contributed by atoms with Crippen molar-refractivity contribution in [2.45, 2.75) is 13.5 Å². The van der Waals surface area contributed by atoms with Gasteiger partial charge in [0.05, 0.1) is 17.6 Å². The highest BCUT2D eigenvalue weighted by Gasteiger charge is 2.17. The van der Waals surface area contributed by atoms with Crippen LogP contribution in [0, 0.1) is 0 Å². The van der Waals surface area contributed by atoms with E-state index in [0.29, 0.717) is 16.1 Å². The van der Waals surface area contributed by atoms with E-state index in [9.17, 15) is 9.59 Å². The van der Waals surface area contributed by atoms with E-state index in [1.54, 1.807) is 35.8 Å². The van der Waals surface area contributed by atoms with Crippen molar-refractivity contribution in [3.8, 4) is 0 Å². The predicted octanol–water partition coefficient (Wildman–Crippen LogP) is 3.51. The fourth-order valence-corrected chi connectivity index (χ4v) is 2.57. The molecule has 0 radical (unpaired) electrons. The topological polar surface area (TPSA) is 73.2 Å². The number of imidazole rings is 1. The minimum absolute atomic E-state index is 0.0371. The third-order valence-electron chi connectivity index (χ3n) is 3.58. The minimum Gasteiger partial charge on any atom is -0.465 e. The first-order valence-corrected chi connectivity index (χ1v) is 8.14. The van der Waals surface area contributed by atoms with Gasteiger partial charge in [0.2, 0.25) is 5.95 Å². The summed E-state index contributed by atoms with van der Waals surface area (Å²) in [5.74, 6) is -0.445. The molecular formula is C18H16ClN3O3. The van der Waals surface area contributed by atoms with Crippen LogP contribution in [0.25, 0.3) is 11.0 Å². The van der Waals surface area contributed by atoms with Crippen LogP contribution in [-0.4, -0.2) is 28.0 Å². The van der Waals surface area contributed by atoms with E-state index in [1.165, 1.54) is 0 Å². The number of hydrogen-bond donors (Lipinski definition) is 1. The zero-order chi connectivity index (χ0) is 17.8. The molecule has 0 bridgehead atoms. The van der Waals surface area contributed by atoms with Crippen molar-refractivity contribution in [1.29, 1.82) is 0 Å². The van der Waals surface area contributed by atoms with Crippen molar-refractivity contribution in [1.82, 2.24) is 9.55 Å². The van der Waals surface area contributed by atoms with Crippen LogP contribution < -0.4 is 5.32 Å². The third kappa shape index (κ3) is 3.80. The second-order valence-electron chi connectivity index (χ2n) is 5.28. The summed E-state index contributed by atoms with van der Waals surface area (Å²) in [7, 11) is 0. The van der Waals surface area contributed by atoms with Gasteiger partial charge in [0.15, 0.2) is 0 Å². The van der Waals surface area contributed by atoms with Gasteiger partial charge in [-0.3, -0.25) is 19.5 Å². The van der Waals surface area contributed by atoms with Crippen LogP contribution in [0.5, 0.6) is 0 Å². The van der Waals surface area contributed by atoms with Gasteiger partial charge in [-0.2, -0.15) is 0 Å². The molecule has 0 atom stereocenters. The lowest BCUT2D eigenvalue weighted by Gasteiger charge is -2.09. The number of nitrogens with one attached hydrogen (secondary N) is 1. The van der Waals surface area contributed by atoms with Gasteiger partial charge in [0, 0.05) is 10.6 Å². The van der Waals surface area contributed by atoms with Gasteiger partial charge in [-0.15, -0.1) is 0 Å². The molecule has 1 N–H and O–H groups in total. The largest absolute Gasteiger partial charge is 0.465 e. The molecule has 0 aliphatic carbocycles. The Balaban J connectivity index is 1.93. The smallest absolute Gasteiger partial charge is 0.326 e. The summed E-state index contributed by atoms with van der Waals surface area (Å²) in [6.45, 7) is 2.00. The Bertz CT molecular complexity index is 919. The van der Waals surface area contributed by atoms with Crippen LogP contribution in [0.1, 0.15) is 17.3 Å². The number of amides is 1. The maximum absolute atomic E-state index is 12.4. The van der Waals surface area contributed by atoms with Crippen molar-refractivity contribution in [3.63, 3.8) is 0 Å². The van der Waals surface area contributed by atoms with E-state index in [4.69, 9.17) is 16.3 Å². The summed E-state index contributed by atoms with van der Waals surface area (Å²) < 4.78 is 6.63. The number of rotatable bonds is 5. The lowest BCUT2D eigenvalue weighted by molar-refractivity contribution is -0.143. The van der Waals surface area contributed by atoms with Crippen LogP contribution in [0.2, 0.25) is 5.02 Å². The molecule has 3 rings (SSSR count). The zero-order valence-electron chi connectivity index (χ0n) is 13.5. The Labute approximate surface area is 149 Å². The quantitative estimate of drug-likeness (QED) is 0.709. The summed E-state index contributed by atoms with van der Waals surface area (Å²) in [6.07, 6.45) is 0. The Morgan fingerprint density at radius 2 is 1.88 bits per heavy atom. The molecule has 0 fully saturated rings. The summed E-state index contributed by atoms with van der Waals surface area (Å²) in [6, 6.07) is 13.8. The Kier molecular flexibility index (Phi) is 5.00. The lowest BCUT2D eigenvalue weighted by atomic mass is 10.2. The van der Waals surface area contributed by atoms with Gasteiger partial charge in [-0.25, -0.2) is 4.98 Å². The van der Waals surface area contributed by atoms with Crippen molar-refractivity contribution in [3.05, 3.63) is 59.1 Å². The number of anilines is 1. The fraction of sp³-hybridized carbons (Fsp3) is 0.167. The van der Waals surface area contributed by atoms with Gasteiger partial charge in [-0.05, 0) is 43.3 Å². The van der Waals surface area contributed by atoms with E-state index in [-0.39, 0.29) is 25.0 Å². The molecule has 25 heavy (non-hydrogen) atoms. The van der Waals surface area contributed by atoms with E-state index < -0.39 is 5.97 Å². The molecule has 128 valence electrons. The molecule has 0 unspecified atom stereocenters. The number of aromatic nitrogens is 2. The van der Waals surface area contributed by atoms with E-state index in [0.717, 1.165) is 5.52 Å². The highest BCUT2D eigenvalue weighted by Crippen LogP contribution is 2.20. The highest BCUT2D eigenvalue weighted by molar-refractivity contribution is 6.30. The average molecular weight is 358 g/mol. The Morgan fingerprint density at radius 1 is 1.16 bits per heavy atom. The summed E-state index contributed by atoms with van der Waals surface area (Å²) >= 11 is 5.84. The molecule has 2 aromatic carbocycles. The molecule has 0 saturated heterocycles. The molecule has 7 heteroatoms. The molecule has 1 aromatic heterocycles. The SMILES string of the molecule is CCOC(=O)Cn1c(NC(=O)c2ccc(Cl)cc2)nc2ccccc21. The molecule has 0 spiro atoms. The van der Waals surface area contributed by atoms with E-state index in [2.05, 4.69) is 10.3 Å². The second-order valence-corrected chi connectivity index (χ2v) is 5.71. The number of carbonyl (C=O) groups excluding carboxylic acids is 2. The monoisotopic (exact) mass is 357 g/mol. The molecule has 3 aromatic rings. The predicted molar refractivity (Wildman–Crippen MR) is 95.8 cm³/mol. The number of hydrogen-bond acceptors (Lipinski definition) is 4. The normalized spacial score (nSPS) is 10.6. The first kappa shape index (κ1) is 17.0. The summed E-state index contributed by atoms with van der Waals surface area (Å²) in [4.78, 5) is 28.7. The van der Waals surface area contributed by atoms with Crippen molar-refractivity contribution in [2.75, 3.05) is 11.9 Å². The number of carbonyl (C=O) groups is 2. The molecule has 0 aliphatic rings.